The molecule has 2 heterocycles. The predicted octanol–water partition coefficient (Wildman–Crippen LogP) is 1.27. The van der Waals surface area contributed by atoms with E-state index in [1.807, 2.05) is 0 Å². The normalized spacial score (nSPS) is 22.4. The lowest BCUT2D eigenvalue weighted by atomic mass is 9.96. The Bertz CT molecular complexity index is 670. The van der Waals surface area contributed by atoms with Crippen LogP contribution in [0.5, 0.6) is 5.88 Å². The zero-order valence-electron chi connectivity index (χ0n) is 12.6. The van der Waals surface area contributed by atoms with Crippen molar-refractivity contribution in [1.29, 1.82) is 0 Å². The van der Waals surface area contributed by atoms with E-state index in [2.05, 4.69) is 4.98 Å². The summed E-state index contributed by atoms with van der Waals surface area (Å²) in [7, 11) is -3.10. The molecule has 0 radical (unpaired) electrons. The zero-order valence-corrected chi connectivity index (χ0v) is 13.4. The lowest BCUT2D eigenvalue weighted by Gasteiger charge is -2.25. The van der Waals surface area contributed by atoms with Crippen molar-refractivity contribution in [2.24, 2.45) is 0 Å². The number of hydrogen-bond donors (Lipinski definition) is 0. The summed E-state index contributed by atoms with van der Waals surface area (Å²) in [5.41, 5.74) is 0.499. The van der Waals surface area contributed by atoms with Crippen molar-refractivity contribution in [1.82, 2.24) is 9.88 Å². The Morgan fingerprint density at radius 1 is 1.36 bits per heavy atom. The third kappa shape index (κ3) is 3.24. The highest BCUT2D eigenvalue weighted by Gasteiger charge is 2.33. The number of sulfone groups is 1. The third-order valence-electron chi connectivity index (χ3n) is 4.36. The molecule has 1 unspecified atom stereocenters. The van der Waals surface area contributed by atoms with Crippen LogP contribution in [0.3, 0.4) is 0 Å². The van der Waals surface area contributed by atoms with Crippen molar-refractivity contribution in [3.63, 3.8) is 0 Å². The van der Waals surface area contributed by atoms with Crippen molar-refractivity contribution < 1.29 is 17.9 Å². The van der Waals surface area contributed by atoms with Gasteiger partial charge in [0.1, 0.15) is 6.10 Å². The maximum absolute atomic E-state index is 12.5. The molecule has 22 heavy (non-hydrogen) atoms. The zero-order chi connectivity index (χ0) is 15.7. The maximum Gasteiger partial charge on any atom is 0.254 e. The molecule has 0 N–H and O–H groups in total. The van der Waals surface area contributed by atoms with Gasteiger partial charge < -0.3 is 9.64 Å². The molecule has 1 saturated carbocycles. The Hall–Kier alpha value is -1.63. The second-order valence-corrected chi connectivity index (χ2v) is 8.37. The van der Waals surface area contributed by atoms with Crippen molar-refractivity contribution in [2.45, 2.75) is 37.0 Å². The number of carbonyl (C=O) groups is 1. The molecule has 1 aromatic rings. The molecule has 0 bridgehead atoms. The number of ether oxygens (including phenoxy) is 1. The summed E-state index contributed by atoms with van der Waals surface area (Å²) in [4.78, 5) is 18.2. The summed E-state index contributed by atoms with van der Waals surface area (Å²) < 4.78 is 28.9. The minimum Gasteiger partial charge on any atom is -0.474 e. The average molecular weight is 324 g/mol. The Morgan fingerprint density at radius 3 is 2.73 bits per heavy atom. The fourth-order valence-corrected chi connectivity index (χ4v) is 3.70. The first-order chi connectivity index (χ1) is 10.4. The van der Waals surface area contributed by atoms with E-state index in [-0.39, 0.29) is 18.6 Å². The van der Waals surface area contributed by atoms with Gasteiger partial charge in [0.25, 0.3) is 5.91 Å². The van der Waals surface area contributed by atoms with E-state index in [1.165, 1.54) is 12.7 Å². The van der Waals surface area contributed by atoms with Crippen LogP contribution in [0, 0.1) is 0 Å². The van der Waals surface area contributed by atoms with Crippen LogP contribution in [0.1, 0.15) is 36.0 Å². The Labute approximate surface area is 130 Å². The van der Waals surface area contributed by atoms with Gasteiger partial charge in [-0.25, -0.2) is 13.4 Å². The summed E-state index contributed by atoms with van der Waals surface area (Å²) in [6.07, 6.45) is 6.72. The molecule has 7 heteroatoms. The smallest absolute Gasteiger partial charge is 0.254 e. The van der Waals surface area contributed by atoms with Crippen LogP contribution in [0.2, 0.25) is 0 Å². The Balaban J connectivity index is 1.68. The fraction of sp³-hybridized carbons (Fsp3) is 0.600. The summed E-state index contributed by atoms with van der Waals surface area (Å²) in [5, 5.41) is -0.455. The van der Waals surface area contributed by atoms with Crippen LogP contribution < -0.4 is 4.74 Å². The molecule has 1 aromatic heterocycles. The lowest BCUT2D eigenvalue weighted by Crippen LogP contribution is -2.31. The van der Waals surface area contributed by atoms with E-state index in [0.717, 1.165) is 12.8 Å². The van der Waals surface area contributed by atoms with E-state index < -0.39 is 15.1 Å². The molecule has 1 saturated heterocycles. The Morgan fingerprint density at radius 2 is 2.14 bits per heavy atom. The number of hydrogen-bond acceptors (Lipinski definition) is 5. The van der Waals surface area contributed by atoms with Gasteiger partial charge in [-0.05, 0) is 31.7 Å². The number of nitrogens with zero attached hydrogens (tertiary/aromatic N) is 2. The van der Waals surface area contributed by atoms with Crippen LogP contribution >= 0.6 is 0 Å². The maximum atomic E-state index is 12.5. The summed E-state index contributed by atoms with van der Waals surface area (Å²) >= 11 is 0. The van der Waals surface area contributed by atoms with Crippen LogP contribution in [0.15, 0.2) is 18.3 Å². The van der Waals surface area contributed by atoms with Crippen molar-refractivity contribution in [3.8, 4) is 5.88 Å². The molecule has 3 rings (SSSR count). The highest BCUT2D eigenvalue weighted by Crippen LogP contribution is 2.25. The predicted molar refractivity (Wildman–Crippen MR) is 81.7 cm³/mol. The number of aromatic nitrogens is 1. The van der Waals surface area contributed by atoms with Gasteiger partial charge in [-0.2, -0.15) is 0 Å². The van der Waals surface area contributed by atoms with Gasteiger partial charge in [-0.1, -0.05) is 0 Å². The van der Waals surface area contributed by atoms with E-state index in [0.29, 0.717) is 24.4 Å². The summed E-state index contributed by atoms with van der Waals surface area (Å²) in [5.74, 6) is 0.307. The number of rotatable bonds is 4. The molecule has 2 aliphatic rings. The highest BCUT2D eigenvalue weighted by molar-refractivity contribution is 7.91. The molecule has 120 valence electrons. The van der Waals surface area contributed by atoms with Crippen LogP contribution in [-0.4, -0.2) is 54.9 Å². The van der Waals surface area contributed by atoms with E-state index in [1.54, 1.807) is 23.2 Å². The SMILES string of the molecule is CS(=O)(=O)C1CCN(C(=O)c2ccnc(OC3CCC3)c2)C1. The standard InChI is InChI=1S/C15H20N2O4S/c1-22(19,20)13-6-8-17(10-13)15(18)11-5-7-16-14(9-11)21-12-3-2-4-12/h5,7,9,12-13H,2-4,6,8,10H2,1H3. The van der Waals surface area contributed by atoms with E-state index in [4.69, 9.17) is 4.74 Å². The Kier molecular flexibility index (Phi) is 4.08. The van der Waals surface area contributed by atoms with Gasteiger partial charge >= 0.3 is 0 Å². The number of carbonyl (C=O) groups excluding carboxylic acids is 1. The molecular formula is C15H20N2O4S. The van der Waals surface area contributed by atoms with Gasteiger partial charge in [-0.3, -0.25) is 4.79 Å². The minimum absolute atomic E-state index is 0.160. The van der Waals surface area contributed by atoms with Crippen molar-refractivity contribution in [2.75, 3.05) is 19.3 Å². The largest absolute Gasteiger partial charge is 0.474 e. The summed E-state index contributed by atoms with van der Waals surface area (Å²) in [6, 6.07) is 3.29. The molecular weight excluding hydrogens is 304 g/mol. The van der Waals surface area contributed by atoms with E-state index >= 15 is 0 Å². The molecule has 1 aliphatic carbocycles. The number of amides is 1. The topological polar surface area (TPSA) is 76.6 Å². The molecule has 6 nitrogen and oxygen atoms in total. The van der Waals surface area contributed by atoms with Crippen molar-refractivity contribution >= 4 is 15.7 Å². The molecule has 1 aliphatic heterocycles. The number of pyridine rings is 1. The van der Waals surface area contributed by atoms with Gasteiger partial charge in [0, 0.05) is 37.2 Å². The number of likely N-dealkylation sites (tertiary alicyclic amines) is 1. The van der Waals surface area contributed by atoms with Crippen LogP contribution in [0.4, 0.5) is 0 Å². The van der Waals surface area contributed by atoms with Gasteiger partial charge in [0.15, 0.2) is 9.84 Å². The summed E-state index contributed by atoms with van der Waals surface area (Å²) in [6.45, 7) is 0.733. The second-order valence-electron chi connectivity index (χ2n) is 6.04. The fourth-order valence-electron chi connectivity index (χ4n) is 2.71. The molecule has 0 spiro atoms. The first kappa shape index (κ1) is 15.3. The lowest BCUT2D eigenvalue weighted by molar-refractivity contribution is 0.0790. The monoisotopic (exact) mass is 324 g/mol. The molecule has 1 atom stereocenters. The molecule has 2 fully saturated rings. The third-order valence-corrected chi connectivity index (χ3v) is 5.95. The van der Waals surface area contributed by atoms with Gasteiger partial charge in [0.05, 0.1) is 5.25 Å². The molecule has 0 aromatic carbocycles. The van der Waals surface area contributed by atoms with Crippen molar-refractivity contribution in [3.05, 3.63) is 23.9 Å². The van der Waals surface area contributed by atoms with Gasteiger partial charge in [0.2, 0.25) is 5.88 Å². The first-order valence-electron chi connectivity index (χ1n) is 7.54. The second kappa shape index (κ2) is 5.87. The molecule has 1 amide bonds. The minimum atomic E-state index is -3.10. The quantitative estimate of drug-likeness (QED) is 0.833. The van der Waals surface area contributed by atoms with Crippen LogP contribution in [-0.2, 0) is 9.84 Å². The first-order valence-corrected chi connectivity index (χ1v) is 9.50. The average Bonchev–Trinajstić information content (AvgIpc) is 2.92. The highest BCUT2D eigenvalue weighted by atomic mass is 32.2. The van der Waals surface area contributed by atoms with Gasteiger partial charge in [-0.15, -0.1) is 0 Å². The van der Waals surface area contributed by atoms with Crippen LogP contribution in [0.25, 0.3) is 0 Å². The van der Waals surface area contributed by atoms with E-state index in [9.17, 15) is 13.2 Å².